The monoisotopic (exact) mass is 398 g/mol. The summed E-state index contributed by atoms with van der Waals surface area (Å²) in [5, 5.41) is 10.3. The Morgan fingerprint density at radius 2 is 2.17 bits per heavy atom. The fourth-order valence-electron chi connectivity index (χ4n) is 3.64. The topological polar surface area (TPSA) is 85.2 Å². The number of amides is 2. The molecule has 1 aliphatic rings. The third kappa shape index (κ3) is 5.59. The molecule has 156 valence electrons. The lowest BCUT2D eigenvalue weighted by Crippen LogP contribution is -2.35. The maximum absolute atomic E-state index is 12.4. The van der Waals surface area contributed by atoms with Crippen LogP contribution in [0.2, 0.25) is 0 Å². The van der Waals surface area contributed by atoms with E-state index in [-0.39, 0.29) is 17.9 Å². The average molecular weight is 399 g/mol. The van der Waals surface area contributed by atoms with E-state index in [9.17, 15) is 9.59 Å². The number of aromatic nitrogens is 2. The Labute approximate surface area is 171 Å². The summed E-state index contributed by atoms with van der Waals surface area (Å²) in [5.41, 5.74) is 2.69. The maximum Gasteiger partial charge on any atom is 0.254 e. The summed E-state index contributed by atoms with van der Waals surface area (Å²) < 4.78 is 7.14. The molecule has 0 saturated carbocycles. The van der Waals surface area contributed by atoms with Gasteiger partial charge in [-0.05, 0) is 56.7 Å². The van der Waals surface area contributed by atoms with Crippen molar-refractivity contribution in [3.05, 3.63) is 47.3 Å². The minimum Gasteiger partial charge on any atom is -0.497 e. The van der Waals surface area contributed by atoms with Gasteiger partial charge in [-0.25, -0.2) is 0 Å². The van der Waals surface area contributed by atoms with Crippen LogP contribution in [0.4, 0.5) is 0 Å². The molecule has 7 nitrogen and oxygen atoms in total. The second-order valence-corrected chi connectivity index (χ2v) is 7.87. The number of carbonyl (C=O) groups excluding carboxylic acids is 2. The summed E-state index contributed by atoms with van der Waals surface area (Å²) >= 11 is 0. The molecule has 1 atom stereocenters. The largest absolute Gasteiger partial charge is 0.497 e. The third-order valence-electron chi connectivity index (χ3n) is 5.21. The lowest BCUT2D eigenvalue weighted by atomic mass is 9.94. The first-order chi connectivity index (χ1) is 14.0. The van der Waals surface area contributed by atoms with E-state index in [2.05, 4.69) is 15.7 Å². The van der Waals surface area contributed by atoms with Gasteiger partial charge in [0.05, 0.1) is 24.6 Å². The van der Waals surface area contributed by atoms with E-state index >= 15 is 0 Å². The molecule has 1 aliphatic heterocycles. The highest BCUT2D eigenvalue weighted by molar-refractivity contribution is 5.95. The van der Waals surface area contributed by atoms with Crippen LogP contribution in [-0.2, 0) is 24.2 Å². The number of fused-ring (bicyclic) bond motifs is 1. The zero-order valence-electron chi connectivity index (χ0n) is 17.4. The molecule has 0 unspecified atom stereocenters. The van der Waals surface area contributed by atoms with Crippen molar-refractivity contribution < 1.29 is 14.3 Å². The van der Waals surface area contributed by atoms with E-state index in [0.29, 0.717) is 30.9 Å². The standard InChI is InChI=1S/C22H30N4O3/c1-15(2)25-22(28)19-14-24-26-10-9-17(12-20(19)26)13-23-21(27)8-7-16-5-4-6-18(11-16)29-3/h4-6,11,14-15,17H,7-10,12-13H2,1-3H3,(H,23,27)(H,25,28)/t17-/m1/s1. The number of hydrogen-bond acceptors (Lipinski definition) is 4. The van der Waals surface area contributed by atoms with Crippen molar-refractivity contribution in [2.24, 2.45) is 5.92 Å². The number of methoxy groups -OCH3 is 1. The van der Waals surface area contributed by atoms with Crippen molar-refractivity contribution in [1.29, 1.82) is 0 Å². The summed E-state index contributed by atoms with van der Waals surface area (Å²) in [6.07, 6.45) is 4.47. The summed E-state index contributed by atoms with van der Waals surface area (Å²) in [6.45, 7) is 5.28. The molecule has 0 fully saturated rings. The molecule has 3 rings (SSSR count). The fraction of sp³-hybridized carbons (Fsp3) is 0.500. The van der Waals surface area contributed by atoms with Gasteiger partial charge in [0.2, 0.25) is 5.91 Å². The predicted molar refractivity (Wildman–Crippen MR) is 111 cm³/mol. The lowest BCUT2D eigenvalue weighted by molar-refractivity contribution is -0.121. The number of rotatable bonds is 8. The van der Waals surface area contributed by atoms with Gasteiger partial charge in [0.15, 0.2) is 0 Å². The third-order valence-corrected chi connectivity index (χ3v) is 5.21. The molecule has 2 aromatic rings. The van der Waals surface area contributed by atoms with Gasteiger partial charge >= 0.3 is 0 Å². The van der Waals surface area contributed by atoms with Crippen molar-refractivity contribution in [1.82, 2.24) is 20.4 Å². The number of hydrogen-bond donors (Lipinski definition) is 2. The van der Waals surface area contributed by atoms with Gasteiger partial charge in [-0.3, -0.25) is 14.3 Å². The highest BCUT2D eigenvalue weighted by atomic mass is 16.5. The number of aryl methyl sites for hydroxylation is 2. The molecule has 0 bridgehead atoms. The molecule has 29 heavy (non-hydrogen) atoms. The normalized spacial score (nSPS) is 15.7. The van der Waals surface area contributed by atoms with Gasteiger partial charge in [0.25, 0.3) is 5.91 Å². The maximum atomic E-state index is 12.4. The number of nitrogens with zero attached hydrogens (tertiary/aromatic N) is 2. The summed E-state index contributed by atoms with van der Waals surface area (Å²) in [5.74, 6) is 1.08. The van der Waals surface area contributed by atoms with Gasteiger partial charge in [-0.15, -0.1) is 0 Å². The average Bonchev–Trinajstić information content (AvgIpc) is 3.13. The molecule has 1 aromatic heterocycles. The first-order valence-electron chi connectivity index (χ1n) is 10.2. The Morgan fingerprint density at radius 1 is 1.34 bits per heavy atom. The second-order valence-electron chi connectivity index (χ2n) is 7.87. The molecular formula is C22H30N4O3. The van der Waals surface area contributed by atoms with Gasteiger partial charge in [0.1, 0.15) is 5.75 Å². The summed E-state index contributed by atoms with van der Waals surface area (Å²) in [7, 11) is 1.64. The van der Waals surface area contributed by atoms with Crippen LogP contribution in [0.1, 0.15) is 48.3 Å². The van der Waals surface area contributed by atoms with Crippen LogP contribution < -0.4 is 15.4 Å². The molecule has 7 heteroatoms. The van der Waals surface area contributed by atoms with E-state index in [4.69, 9.17) is 4.74 Å². The molecule has 0 spiro atoms. The Balaban J connectivity index is 1.49. The SMILES string of the molecule is COc1cccc(CCC(=O)NC[C@@H]2CCn3ncc(C(=O)NC(C)C)c3C2)c1. The van der Waals surface area contributed by atoms with E-state index in [1.807, 2.05) is 42.8 Å². The molecule has 0 aliphatic carbocycles. The minimum atomic E-state index is -0.0794. The smallest absolute Gasteiger partial charge is 0.254 e. The van der Waals surface area contributed by atoms with E-state index in [1.54, 1.807) is 13.3 Å². The Kier molecular flexibility index (Phi) is 6.90. The van der Waals surface area contributed by atoms with Gasteiger partial charge in [-0.2, -0.15) is 5.10 Å². The highest BCUT2D eigenvalue weighted by Crippen LogP contribution is 2.23. The Bertz CT molecular complexity index is 859. The molecule has 2 N–H and O–H groups in total. The quantitative estimate of drug-likeness (QED) is 0.715. The zero-order chi connectivity index (χ0) is 20.8. The first kappa shape index (κ1) is 20.9. The van der Waals surface area contributed by atoms with Crippen LogP contribution in [-0.4, -0.2) is 41.3 Å². The summed E-state index contributed by atoms with van der Waals surface area (Å²) in [6, 6.07) is 7.87. The van der Waals surface area contributed by atoms with Crippen LogP contribution in [0.3, 0.4) is 0 Å². The number of carbonyl (C=O) groups is 2. The van der Waals surface area contributed by atoms with Crippen LogP contribution >= 0.6 is 0 Å². The van der Waals surface area contributed by atoms with Crippen LogP contribution in [0, 0.1) is 5.92 Å². The van der Waals surface area contributed by atoms with Crippen LogP contribution in [0.15, 0.2) is 30.5 Å². The predicted octanol–water partition coefficient (Wildman–Crippen LogP) is 2.34. The summed E-state index contributed by atoms with van der Waals surface area (Å²) in [4.78, 5) is 24.7. The number of benzene rings is 1. The van der Waals surface area contributed by atoms with Crippen molar-refractivity contribution in [2.45, 2.75) is 52.1 Å². The lowest BCUT2D eigenvalue weighted by Gasteiger charge is -2.24. The minimum absolute atomic E-state index is 0.0460. The molecule has 1 aromatic carbocycles. The van der Waals surface area contributed by atoms with Gasteiger partial charge in [-0.1, -0.05) is 12.1 Å². The van der Waals surface area contributed by atoms with Crippen LogP contribution in [0.25, 0.3) is 0 Å². The second kappa shape index (κ2) is 9.58. The molecule has 0 saturated heterocycles. The number of ether oxygens (including phenoxy) is 1. The molecule has 2 heterocycles. The zero-order valence-corrected chi connectivity index (χ0v) is 17.4. The van der Waals surface area contributed by atoms with Gasteiger partial charge < -0.3 is 15.4 Å². The molecular weight excluding hydrogens is 368 g/mol. The van der Waals surface area contributed by atoms with Crippen molar-refractivity contribution in [2.75, 3.05) is 13.7 Å². The highest BCUT2D eigenvalue weighted by Gasteiger charge is 2.25. The molecule has 0 radical (unpaired) electrons. The number of nitrogens with one attached hydrogen (secondary N) is 2. The Hall–Kier alpha value is -2.83. The van der Waals surface area contributed by atoms with Crippen molar-refractivity contribution in [3.63, 3.8) is 0 Å². The van der Waals surface area contributed by atoms with Gasteiger partial charge in [0, 0.05) is 25.6 Å². The van der Waals surface area contributed by atoms with E-state index < -0.39 is 0 Å². The molecule has 2 amide bonds. The van der Waals surface area contributed by atoms with Crippen LogP contribution in [0.5, 0.6) is 5.75 Å². The van der Waals surface area contributed by atoms with E-state index in [0.717, 1.165) is 36.4 Å². The fourth-order valence-corrected chi connectivity index (χ4v) is 3.64. The van der Waals surface area contributed by atoms with Crippen molar-refractivity contribution >= 4 is 11.8 Å². The van der Waals surface area contributed by atoms with E-state index in [1.165, 1.54) is 0 Å². The van der Waals surface area contributed by atoms with Crippen molar-refractivity contribution in [3.8, 4) is 5.75 Å². The first-order valence-corrected chi connectivity index (χ1v) is 10.2. The Morgan fingerprint density at radius 3 is 2.93 bits per heavy atom.